The van der Waals surface area contributed by atoms with Crippen molar-refractivity contribution in [1.82, 2.24) is 15.2 Å². The molecule has 0 bridgehead atoms. The predicted octanol–water partition coefficient (Wildman–Crippen LogP) is 2.48. The highest BCUT2D eigenvalue weighted by atomic mass is 19.1. The second-order valence-electron chi connectivity index (χ2n) is 6.90. The van der Waals surface area contributed by atoms with E-state index in [0.29, 0.717) is 5.88 Å². The molecule has 2 atom stereocenters. The van der Waals surface area contributed by atoms with E-state index in [2.05, 4.69) is 10.3 Å². The van der Waals surface area contributed by atoms with Crippen LogP contribution in [0, 0.1) is 0 Å². The van der Waals surface area contributed by atoms with Crippen LogP contribution < -0.4 is 14.8 Å². The average molecular weight is 413 g/mol. The Balaban J connectivity index is 1.66. The molecule has 1 fully saturated rings. The Hall–Kier alpha value is -3.42. The number of piperidine rings is 1. The van der Waals surface area contributed by atoms with Gasteiger partial charge in [-0.05, 0) is 17.7 Å². The number of hydrogen-bond acceptors (Lipinski definition) is 5. The highest BCUT2D eigenvalue weighted by Crippen LogP contribution is 2.21. The molecule has 0 aliphatic carbocycles. The number of methoxy groups -OCH3 is 2. The van der Waals surface area contributed by atoms with Gasteiger partial charge in [0.1, 0.15) is 11.7 Å². The second-order valence-corrected chi connectivity index (χ2v) is 6.90. The Bertz CT molecular complexity index is 920. The van der Waals surface area contributed by atoms with Gasteiger partial charge in [0.15, 0.2) is 0 Å². The summed E-state index contributed by atoms with van der Waals surface area (Å²) in [7, 11) is 2.86. The summed E-state index contributed by atoms with van der Waals surface area (Å²) in [5, 5.41) is 2.78. The third-order valence-corrected chi connectivity index (χ3v) is 4.75. The first-order chi connectivity index (χ1) is 14.5. The molecule has 0 spiro atoms. The van der Waals surface area contributed by atoms with E-state index in [-0.39, 0.29) is 36.9 Å². The van der Waals surface area contributed by atoms with Crippen LogP contribution in [-0.4, -0.2) is 61.2 Å². The first-order valence-corrected chi connectivity index (χ1v) is 9.56. The fourth-order valence-corrected chi connectivity index (χ4v) is 3.29. The number of halogens is 1. The van der Waals surface area contributed by atoms with Crippen LogP contribution >= 0.6 is 0 Å². The molecule has 1 N–H and O–H groups in total. The number of ether oxygens (including phenoxy) is 2. The lowest BCUT2D eigenvalue weighted by molar-refractivity contribution is -0.128. The highest BCUT2D eigenvalue weighted by molar-refractivity contribution is 5.97. The van der Waals surface area contributed by atoms with Crippen molar-refractivity contribution in [3.8, 4) is 11.8 Å². The van der Waals surface area contributed by atoms with Crippen LogP contribution in [0.4, 0.5) is 4.39 Å². The molecule has 0 saturated carbocycles. The van der Waals surface area contributed by atoms with E-state index < -0.39 is 18.1 Å². The molecule has 0 unspecified atom stereocenters. The Kier molecular flexibility index (Phi) is 7.00. The second kappa shape index (κ2) is 9.87. The van der Waals surface area contributed by atoms with Crippen molar-refractivity contribution in [1.29, 1.82) is 0 Å². The summed E-state index contributed by atoms with van der Waals surface area (Å²) in [4.78, 5) is 30.7. The predicted molar refractivity (Wildman–Crippen MR) is 110 cm³/mol. The zero-order valence-corrected chi connectivity index (χ0v) is 16.9. The van der Waals surface area contributed by atoms with E-state index in [0.717, 1.165) is 5.56 Å². The minimum Gasteiger partial charge on any atom is -0.481 e. The Morgan fingerprint density at radius 2 is 1.90 bits per heavy atom. The number of amides is 2. The van der Waals surface area contributed by atoms with Crippen molar-refractivity contribution >= 4 is 17.9 Å². The molecule has 8 heteroatoms. The van der Waals surface area contributed by atoms with Crippen molar-refractivity contribution < 1.29 is 23.5 Å². The first-order valence-electron chi connectivity index (χ1n) is 9.56. The van der Waals surface area contributed by atoms with Crippen LogP contribution in [-0.2, 0) is 4.79 Å². The number of carbonyl (C=O) groups is 2. The molecule has 0 radical (unpaired) electrons. The van der Waals surface area contributed by atoms with Gasteiger partial charge in [-0.2, -0.15) is 4.98 Å². The van der Waals surface area contributed by atoms with Crippen LogP contribution in [0.15, 0.2) is 48.5 Å². The van der Waals surface area contributed by atoms with Gasteiger partial charge in [0.05, 0.1) is 20.8 Å². The van der Waals surface area contributed by atoms with E-state index >= 15 is 0 Å². The molecule has 1 aromatic carbocycles. The number of alkyl halides is 1. The summed E-state index contributed by atoms with van der Waals surface area (Å²) in [6.45, 7) is 0.216. The van der Waals surface area contributed by atoms with Gasteiger partial charge in [-0.15, -0.1) is 0 Å². The van der Waals surface area contributed by atoms with Gasteiger partial charge < -0.3 is 19.7 Å². The van der Waals surface area contributed by atoms with Gasteiger partial charge in [-0.3, -0.25) is 9.59 Å². The zero-order chi connectivity index (χ0) is 21.5. The largest absolute Gasteiger partial charge is 0.481 e. The third-order valence-electron chi connectivity index (χ3n) is 4.75. The van der Waals surface area contributed by atoms with E-state index in [9.17, 15) is 14.0 Å². The fourth-order valence-electron chi connectivity index (χ4n) is 3.29. The van der Waals surface area contributed by atoms with E-state index in [1.165, 1.54) is 31.3 Å². The van der Waals surface area contributed by atoms with Gasteiger partial charge in [0, 0.05) is 31.1 Å². The van der Waals surface area contributed by atoms with Crippen LogP contribution in [0.25, 0.3) is 6.08 Å². The molecule has 3 rings (SSSR count). The molecule has 1 aromatic heterocycles. The summed E-state index contributed by atoms with van der Waals surface area (Å²) >= 11 is 0. The maximum Gasteiger partial charge on any atom is 0.257 e. The first kappa shape index (κ1) is 21.3. The van der Waals surface area contributed by atoms with Crippen LogP contribution in [0.3, 0.4) is 0 Å². The van der Waals surface area contributed by atoms with Crippen molar-refractivity contribution in [3.63, 3.8) is 0 Å². The molecule has 30 heavy (non-hydrogen) atoms. The molecule has 7 nitrogen and oxygen atoms in total. The zero-order valence-electron chi connectivity index (χ0n) is 16.9. The van der Waals surface area contributed by atoms with E-state index in [4.69, 9.17) is 9.47 Å². The Morgan fingerprint density at radius 1 is 1.13 bits per heavy atom. The van der Waals surface area contributed by atoms with E-state index in [1.54, 1.807) is 12.1 Å². The number of likely N-dealkylation sites (tertiary alicyclic amines) is 1. The maximum atomic E-state index is 14.3. The van der Waals surface area contributed by atoms with Crippen molar-refractivity contribution in [3.05, 3.63) is 59.7 Å². The topological polar surface area (TPSA) is 80.8 Å². The molecular formula is C22H24FN3O4. The summed E-state index contributed by atoms with van der Waals surface area (Å²) in [6.07, 6.45) is 2.01. The van der Waals surface area contributed by atoms with Crippen LogP contribution in [0.2, 0.25) is 0 Å². The lowest BCUT2D eigenvalue weighted by Gasteiger charge is -2.34. The van der Waals surface area contributed by atoms with E-state index in [1.807, 2.05) is 30.3 Å². The number of pyridine rings is 1. The number of carbonyl (C=O) groups excluding carboxylic acids is 2. The number of benzene rings is 1. The lowest BCUT2D eigenvalue weighted by Crippen LogP contribution is -2.53. The number of rotatable bonds is 6. The number of hydrogen-bond donors (Lipinski definition) is 1. The lowest BCUT2D eigenvalue weighted by atomic mass is 10.0. The normalized spacial score (nSPS) is 18.8. The quantitative estimate of drug-likeness (QED) is 0.736. The maximum absolute atomic E-state index is 14.3. The van der Waals surface area contributed by atoms with Crippen LogP contribution in [0.5, 0.6) is 11.8 Å². The molecular weight excluding hydrogens is 389 g/mol. The fraction of sp³-hybridized carbons (Fsp3) is 0.318. The monoisotopic (exact) mass is 413 g/mol. The minimum absolute atomic E-state index is 0.00224. The van der Waals surface area contributed by atoms with Crippen molar-refractivity contribution in [2.75, 3.05) is 27.3 Å². The summed E-state index contributed by atoms with van der Waals surface area (Å²) in [6, 6.07) is 11.9. The van der Waals surface area contributed by atoms with Crippen LogP contribution in [0.1, 0.15) is 22.3 Å². The highest BCUT2D eigenvalue weighted by Gasteiger charge is 2.31. The number of nitrogens with zero attached hydrogens (tertiary/aromatic N) is 2. The van der Waals surface area contributed by atoms with Gasteiger partial charge >= 0.3 is 0 Å². The average Bonchev–Trinajstić information content (AvgIpc) is 2.77. The van der Waals surface area contributed by atoms with Gasteiger partial charge in [0.2, 0.25) is 17.7 Å². The molecule has 1 saturated heterocycles. The smallest absolute Gasteiger partial charge is 0.257 e. The SMILES string of the molecule is COc1ccc(C(=O)N[C@H]2C[C@@H](F)CN(C(=O)C=Cc3ccccc3)C2)c(OC)n1. The van der Waals surface area contributed by atoms with Gasteiger partial charge in [-0.1, -0.05) is 30.3 Å². The van der Waals surface area contributed by atoms with Gasteiger partial charge in [-0.25, -0.2) is 4.39 Å². The summed E-state index contributed by atoms with van der Waals surface area (Å²) in [5.41, 5.74) is 1.09. The molecule has 2 aromatic rings. The van der Waals surface area contributed by atoms with Crippen molar-refractivity contribution in [2.24, 2.45) is 0 Å². The van der Waals surface area contributed by atoms with Crippen molar-refractivity contribution in [2.45, 2.75) is 18.6 Å². The standard InChI is InChI=1S/C22H24FN3O4/c1-29-19-10-9-18(22(25-19)30-2)21(28)24-17-12-16(23)13-26(14-17)20(27)11-8-15-6-4-3-5-7-15/h3-11,16-17H,12-14H2,1-2H3,(H,24,28)/t16-,17+/m1/s1. The minimum atomic E-state index is -1.23. The summed E-state index contributed by atoms with van der Waals surface area (Å²) < 4.78 is 24.5. The molecule has 2 heterocycles. The van der Waals surface area contributed by atoms with Gasteiger partial charge in [0.25, 0.3) is 5.91 Å². The molecule has 1 aliphatic heterocycles. The molecule has 1 aliphatic rings. The molecule has 2 amide bonds. The number of aromatic nitrogens is 1. The summed E-state index contributed by atoms with van der Waals surface area (Å²) in [5.74, 6) is -0.331. The third kappa shape index (κ3) is 5.34. The number of nitrogens with one attached hydrogen (secondary N) is 1. The Morgan fingerprint density at radius 3 is 2.60 bits per heavy atom. The molecule has 158 valence electrons. The Labute approximate surface area is 174 Å².